The smallest absolute Gasteiger partial charge is 0.248 e. The van der Waals surface area contributed by atoms with Crippen LogP contribution in [0.15, 0.2) is 48.5 Å². The lowest BCUT2D eigenvalue weighted by molar-refractivity contribution is -0.111. The number of amides is 1. The third-order valence-electron chi connectivity index (χ3n) is 2.80. The van der Waals surface area contributed by atoms with E-state index in [1.165, 1.54) is 6.08 Å². The quantitative estimate of drug-likeness (QED) is 0.798. The van der Waals surface area contributed by atoms with E-state index in [-0.39, 0.29) is 5.91 Å². The highest BCUT2D eigenvalue weighted by Crippen LogP contribution is 2.22. The van der Waals surface area contributed by atoms with Gasteiger partial charge in [0.15, 0.2) is 0 Å². The van der Waals surface area contributed by atoms with Gasteiger partial charge < -0.3 is 5.32 Å². The van der Waals surface area contributed by atoms with Crippen LogP contribution in [0.3, 0.4) is 0 Å². The van der Waals surface area contributed by atoms with Crippen LogP contribution in [-0.2, 0) is 4.79 Å². The molecule has 0 aliphatic rings. The maximum atomic E-state index is 11.9. The van der Waals surface area contributed by atoms with Gasteiger partial charge in [0.1, 0.15) is 0 Å². The molecular weight excluding hydrogens is 293 g/mol. The Labute approximate surface area is 128 Å². The van der Waals surface area contributed by atoms with Gasteiger partial charge in [0.25, 0.3) is 0 Å². The molecule has 0 saturated carbocycles. The second-order valence-electron chi connectivity index (χ2n) is 4.29. The molecule has 0 unspecified atom stereocenters. The number of carbonyl (C=O) groups is 1. The van der Waals surface area contributed by atoms with Crippen LogP contribution in [0.25, 0.3) is 6.08 Å². The van der Waals surface area contributed by atoms with Gasteiger partial charge in [-0.05, 0) is 48.4 Å². The van der Waals surface area contributed by atoms with Gasteiger partial charge in [-0.15, -0.1) is 0 Å². The second-order valence-corrected chi connectivity index (χ2v) is 5.13. The zero-order chi connectivity index (χ0) is 14.5. The average Bonchev–Trinajstić information content (AvgIpc) is 2.42. The molecule has 1 N–H and O–H groups in total. The molecule has 0 radical (unpaired) electrons. The van der Waals surface area contributed by atoms with Crippen molar-refractivity contribution in [2.45, 2.75) is 6.92 Å². The number of carbonyl (C=O) groups excluding carboxylic acids is 1. The van der Waals surface area contributed by atoms with Crippen molar-refractivity contribution in [3.05, 3.63) is 69.7 Å². The molecule has 0 spiro atoms. The molecular formula is C16H13Cl2NO. The van der Waals surface area contributed by atoms with Crippen molar-refractivity contribution in [1.82, 2.24) is 0 Å². The first-order valence-corrected chi connectivity index (χ1v) is 6.81. The number of halogens is 2. The number of anilines is 1. The molecule has 0 saturated heterocycles. The van der Waals surface area contributed by atoms with Gasteiger partial charge in [0, 0.05) is 21.8 Å². The molecule has 1 amide bonds. The highest BCUT2D eigenvalue weighted by Gasteiger charge is 2.04. The zero-order valence-corrected chi connectivity index (χ0v) is 12.4. The fraction of sp³-hybridized carbons (Fsp3) is 0.0625. The predicted octanol–water partition coefficient (Wildman–Crippen LogP) is 4.95. The molecule has 2 nitrogen and oxygen atoms in total. The lowest BCUT2D eigenvalue weighted by atomic mass is 10.2. The second kappa shape index (κ2) is 6.60. The molecule has 102 valence electrons. The van der Waals surface area contributed by atoms with E-state index < -0.39 is 0 Å². The molecule has 0 fully saturated rings. The first-order valence-electron chi connectivity index (χ1n) is 6.06. The Hall–Kier alpha value is -1.77. The van der Waals surface area contributed by atoms with Crippen LogP contribution >= 0.6 is 23.2 Å². The van der Waals surface area contributed by atoms with Gasteiger partial charge in [-0.1, -0.05) is 41.4 Å². The van der Waals surface area contributed by atoms with E-state index in [0.717, 1.165) is 11.1 Å². The Bertz CT molecular complexity index is 665. The van der Waals surface area contributed by atoms with Crippen molar-refractivity contribution in [1.29, 1.82) is 0 Å². The van der Waals surface area contributed by atoms with Crippen molar-refractivity contribution in [2.24, 2.45) is 0 Å². The lowest BCUT2D eigenvalue weighted by Crippen LogP contribution is -2.08. The van der Waals surface area contributed by atoms with Crippen LogP contribution in [0.5, 0.6) is 0 Å². The number of nitrogens with one attached hydrogen (secondary N) is 1. The Morgan fingerprint density at radius 3 is 2.65 bits per heavy atom. The first kappa shape index (κ1) is 14.6. The van der Waals surface area contributed by atoms with E-state index in [2.05, 4.69) is 5.32 Å². The van der Waals surface area contributed by atoms with Crippen LogP contribution in [0, 0.1) is 6.92 Å². The van der Waals surface area contributed by atoms with E-state index in [1.54, 1.807) is 30.3 Å². The summed E-state index contributed by atoms with van der Waals surface area (Å²) in [4.78, 5) is 11.9. The van der Waals surface area contributed by atoms with Crippen molar-refractivity contribution >= 4 is 40.9 Å². The van der Waals surface area contributed by atoms with Crippen LogP contribution in [0.1, 0.15) is 11.1 Å². The number of benzene rings is 2. The van der Waals surface area contributed by atoms with Crippen LogP contribution in [0.2, 0.25) is 10.0 Å². The molecule has 0 aliphatic carbocycles. The number of hydrogen-bond donors (Lipinski definition) is 1. The van der Waals surface area contributed by atoms with Gasteiger partial charge >= 0.3 is 0 Å². The minimum absolute atomic E-state index is 0.213. The molecule has 2 aromatic rings. The van der Waals surface area contributed by atoms with Crippen molar-refractivity contribution in [3.8, 4) is 0 Å². The van der Waals surface area contributed by atoms with Gasteiger partial charge in [-0.2, -0.15) is 0 Å². The van der Waals surface area contributed by atoms with E-state index in [9.17, 15) is 4.79 Å². The summed E-state index contributed by atoms with van der Waals surface area (Å²) in [5, 5.41) is 4.06. The fourth-order valence-electron chi connectivity index (χ4n) is 1.70. The maximum Gasteiger partial charge on any atom is 0.248 e. The monoisotopic (exact) mass is 305 g/mol. The SMILES string of the molecule is Cc1c(Cl)cccc1NC(=O)C=Cc1cccc(Cl)c1. The highest BCUT2D eigenvalue weighted by molar-refractivity contribution is 6.32. The van der Waals surface area contributed by atoms with Gasteiger partial charge in [0.05, 0.1) is 0 Å². The normalized spacial score (nSPS) is 10.8. The first-order chi connectivity index (χ1) is 9.56. The zero-order valence-electron chi connectivity index (χ0n) is 10.9. The molecule has 0 bridgehead atoms. The maximum absolute atomic E-state index is 11.9. The van der Waals surface area contributed by atoms with Crippen LogP contribution in [-0.4, -0.2) is 5.91 Å². The largest absolute Gasteiger partial charge is 0.322 e. The molecule has 0 heterocycles. The summed E-state index contributed by atoms with van der Waals surface area (Å²) in [6, 6.07) is 12.7. The van der Waals surface area contributed by atoms with Crippen LogP contribution in [0.4, 0.5) is 5.69 Å². The molecule has 2 aromatic carbocycles. The van der Waals surface area contributed by atoms with E-state index in [4.69, 9.17) is 23.2 Å². The summed E-state index contributed by atoms with van der Waals surface area (Å²) < 4.78 is 0. The number of rotatable bonds is 3. The van der Waals surface area contributed by atoms with Crippen molar-refractivity contribution in [2.75, 3.05) is 5.32 Å². The minimum Gasteiger partial charge on any atom is -0.322 e. The molecule has 4 heteroatoms. The molecule has 0 aromatic heterocycles. The summed E-state index contributed by atoms with van der Waals surface area (Å²) in [5.74, 6) is -0.213. The summed E-state index contributed by atoms with van der Waals surface area (Å²) in [6.07, 6.45) is 3.17. The highest BCUT2D eigenvalue weighted by atomic mass is 35.5. The molecule has 20 heavy (non-hydrogen) atoms. The Morgan fingerprint density at radius 1 is 1.15 bits per heavy atom. The third-order valence-corrected chi connectivity index (χ3v) is 3.45. The van der Waals surface area contributed by atoms with Crippen molar-refractivity contribution in [3.63, 3.8) is 0 Å². The van der Waals surface area contributed by atoms with E-state index >= 15 is 0 Å². The predicted molar refractivity (Wildman–Crippen MR) is 85.3 cm³/mol. The fourth-order valence-corrected chi connectivity index (χ4v) is 2.07. The molecule has 0 aliphatic heterocycles. The average molecular weight is 306 g/mol. The third kappa shape index (κ3) is 3.86. The van der Waals surface area contributed by atoms with E-state index in [0.29, 0.717) is 15.7 Å². The Balaban J connectivity index is 2.08. The summed E-state index contributed by atoms with van der Waals surface area (Å²) in [5.41, 5.74) is 2.42. The van der Waals surface area contributed by atoms with Gasteiger partial charge in [-0.3, -0.25) is 4.79 Å². The van der Waals surface area contributed by atoms with E-state index in [1.807, 2.05) is 25.1 Å². The minimum atomic E-state index is -0.213. The Kier molecular flexibility index (Phi) is 4.83. The molecule has 2 rings (SSSR count). The van der Waals surface area contributed by atoms with Crippen molar-refractivity contribution < 1.29 is 4.79 Å². The standard InChI is InChI=1S/C16H13Cl2NO/c1-11-14(18)6-3-7-15(11)19-16(20)9-8-12-4-2-5-13(17)10-12/h2-10H,1H3,(H,19,20). The lowest BCUT2D eigenvalue weighted by Gasteiger charge is -2.07. The summed E-state index contributed by atoms with van der Waals surface area (Å²) >= 11 is 11.9. The Morgan fingerprint density at radius 2 is 1.90 bits per heavy atom. The molecule has 0 atom stereocenters. The van der Waals surface area contributed by atoms with Crippen LogP contribution < -0.4 is 5.32 Å². The summed E-state index contributed by atoms with van der Waals surface area (Å²) in [6.45, 7) is 1.86. The van der Waals surface area contributed by atoms with Gasteiger partial charge in [-0.25, -0.2) is 0 Å². The number of hydrogen-bond acceptors (Lipinski definition) is 1. The van der Waals surface area contributed by atoms with Gasteiger partial charge in [0.2, 0.25) is 5.91 Å². The summed E-state index contributed by atoms with van der Waals surface area (Å²) in [7, 11) is 0. The topological polar surface area (TPSA) is 29.1 Å².